The zero-order valence-corrected chi connectivity index (χ0v) is 18.2. The van der Waals surface area contributed by atoms with E-state index >= 15 is 0 Å². The topological polar surface area (TPSA) is 147 Å². The van der Waals surface area contributed by atoms with Gasteiger partial charge in [-0.25, -0.2) is 4.98 Å². The number of nitrogens with two attached hydrogens (primary N) is 1. The number of rotatable bonds is 6. The van der Waals surface area contributed by atoms with Crippen molar-refractivity contribution in [1.29, 1.82) is 0 Å². The Kier molecular flexibility index (Phi) is 5.23. The Bertz CT molecular complexity index is 1350. The number of nitrogens with zero attached hydrogens (tertiary/aromatic N) is 5. The van der Waals surface area contributed by atoms with Crippen LogP contribution in [-0.2, 0) is 13.0 Å². The fourth-order valence-corrected chi connectivity index (χ4v) is 3.93. The molecule has 0 atom stereocenters. The number of likely N-dealkylation sites (N-methyl/N-ethyl adjacent to an activating group) is 1. The van der Waals surface area contributed by atoms with Gasteiger partial charge in [-0.2, -0.15) is 4.98 Å². The number of hydrogen-bond acceptors (Lipinski definition) is 9. The molecule has 1 aliphatic heterocycles. The van der Waals surface area contributed by atoms with Gasteiger partial charge in [0.1, 0.15) is 28.2 Å². The standard InChI is InChI=1S/C22H23N9O2/c1-31-7-6-12-9-18(33-2)17(8-13(12)11-31)26-22-24-10-14(20(23)32)21(27-22)25-15-4-3-5-16-19(15)29-30-28-16/h3-5,8-10H,6-7,11H2,1-2H3,(H2,23,32)(H,28,29,30)(H2,24,25,26,27). The molecule has 5 rings (SSSR count). The van der Waals surface area contributed by atoms with Crippen LogP contribution in [0.1, 0.15) is 21.5 Å². The van der Waals surface area contributed by atoms with E-state index in [9.17, 15) is 4.79 Å². The molecular weight excluding hydrogens is 422 g/mol. The number of aromatic amines is 1. The zero-order valence-electron chi connectivity index (χ0n) is 18.2. The summed E-state index contributed by atoms with van der Waals surface area (Å²) in [6.45, 7) is 1.86. The van der Waals surface area contributed by atoms with E-state index in [1.54, 1.807) is 7.11 Å². The molecule has 0 fully saturated rings. The Morgan fingerprint density at radius 2 is 2.09 bits per heavy atom. The molecule has 3 heterocycles. The second-order valence-electron chi connectivity index (χ2n) is 7.89. The number of carbonyl (C=O) groups is 1. The summed E-state index contributed by atoms with van der Waals surface area (Å²) < 4.78 is 5.60. The molecule has 5 N–H and O–H groups in total. The number of H-pyrrole nitrogens is 1. The normalized spacial score (nSPS) is 13.5. The van der Waals surface area contributed by atoms with Crippen LogP contribution in [0.25, 0.3) is 11.0 Å². The van der Waals surface area contributed by atoms with E-state index < -0.39 is 5.91 Å². The maximum Gasteiger partial charge on any atom is 0.254 e. The van der Waals surface area contributed by atoms with E-state index in [0.29, 0.717) is 28.4 Å². The largest absolute Gasteiger partial charge is 0.495 e. The predicted molar refractivity (Wildman–Crippen MR) is 124 cm³/mol. The van der Waals surface area contributed by atoms with Crippen LogP contribution in [0.4, 0.5) is 23.1 Å². The van der Waals surface area contributed by atoms with Gasteiger partial charge in [0.2, 0.25) is 5.95 Å². The third kappa shape index (κ3) is 4.01. The first kappa shape index (κ1) is 20.6. The van der Waals surface area contributed by atoms with Gasteiger partial charge in [-0.3, -0.25) is 9.89 Å². The number of anilines is 4. The quantitative estimate of drug-likeness (QED) is 0.351. The van der Waals surface area contributed by atoms with E-state index in [1.807, 2.05) is 24.3 Å². The number of fused-ring (bicyclic) bond motifs is 2. The van der Waals surface area contributed by atoms with Gasteiger partial charge in [-0.05, 0) is 48.9 Å². The van der Waals surface area contributed by atoms with Crippen molar-refractivity contribution in [2.75, 3.05) is 31.3 Å². The Hall–Kier alpha value is -4.25. The van der Waals surface area contributed by atoms with Crippen molar-refractivity contribution in [3.05, 3.63) is 53.2 Å². The number of hydrogen-bond donors (Lipinski definition) is 4. The number of aromatic nitrogens is 5. The molecule has 0 aliphatic carbocycles. The summed E-state index contributed by atoms with van der Waals surface area (Å²) in [4.78, 5) is 23.1. The number of amides is 1. The molecule has 11 nitrogen and oxygen atoms in total. The number of methoxy groups -OCH3 is 1. The number of benzene rings is 2. The molecular formula is C22H23N9O2. The third-order valence-corrected chi connectivity index (χ3v) is 5.64. The molecule has 4 aromatic rings. The van der Waals surface area contributed by atoms with Gasteiger partial charge in [0.15, 0.2) is 0 Å². The summed E-state index contributed by atoms with van der Waals surface area (Å²) in [7, 11) is 3.73. The highest BCUT2D eigenvalue weighted by molar-refractivity contribution is 5.99. The lowest BCUT2D eigenvalue weighted by Gasteiger charge is -2.26. The monoisotopic (exact) mass is 445 g/mol. The SMILES string of the molecule is COc1cc2c(cc1Nc1ncc(C(N)=O)c(Nc3cccc4nn[nH]c34)n1)CN(C)CC2. The van der Waals surface area contributed by atoms with Crippen LogP contribution in [0.5, 0.6) is 5.75 Å². The maximum absolute atomic E-state index is 12.0. The van der Waals surface area contributed by atoms with Gasteiger partial charge in [0, 0.05) is 19.3 Å². The molecule has 0 saturated heterocycles. The smallest absolute Gasteiger partial charge is 0.254 e. The first-order chi connectivity index (χ1) is 16.0. The summed E-state index contributed by atoms with van der Waals surface area (Å²) in [6, 6.07) is 9.58. The van der Waals surface area contributed by atoms with E-state index in [0.717, 1.165) is 25.2 Å². The first-order valence-corrected chi connectivity index (χ1v) is 10.4. The summed E-state index contributed by atoms with van der Waals surface area (Å²) >= 11 is 0. The fourth-order valence-electron chi connectivity index (χ4n) is 3.93. The highest BCUT2D eigenvalue weighted by Gasteiger charge is 2.19. The minimum atomic E-state index is -0.645. The van der Waals surface area contributed by atoms with Crippen LogP contribution in [0, 0.1) is 0 Å². The average molecular weight is 445 g/mol. The van der Waals surface area contributed by atoms with Crippen molar-refractivity contribution < 1.29 is 9.53 Å². The van der Waals surface area contributed by atoms with Crippen LogP contribution < -0.4 is 21.1 Å². The molecule has 168 valence electrons. The van der Waals surface area contributed by atoms with Gasteiger partial charge >= 0.3 is 0 Å². The van der Waals surface area contributed by atoms with Crippen LogP contribution >= 0.6 is 0 Å². The van der Waals surface area contributed by atoms with Gasteiger partial charge in [0.25, 0.3) is 5.91 Å². The van der Waals surface area contributed by atoms with Gasteiger partial charge in [-0.15, -0.1) is 5.10 Å². The van der Waals surface area contributed by atoms with E-state index in [4.69, 9.17) is 10.5 Å². The van der Waals surface area contributed by atoms with Crippen molar-refractivity contribution in [2.24, 2.45) is 5.73 Å². The van der Waals surface area contributed by atoms with Gasteiger partial charge < -0.3 is 26.0 Å². The Balaban J connectivity index is 1.51. The minimum Gasteiger partial charge on any atom is -0.495 e. The molecule has 33 heavy (non-hydrogen) atoms. The highest BCUT2D eigenvalue weighted by atomic mass is 16.5. The molecule has 0 spiro atoms. The zero-order chi connectivity index (χ0) is 22.9. The summed E-state index contributed by atoms with van der Waals surface area (Å²) in [5, 5.41) is 17.1. The number of nitrogens with one attached hydrogen (secondary N) is 3. The Labute approximate surface area is 189 Å². The fraction of sp³-hybridized carbons (Fsp3) is 0.227. The number of primary amides is 1. The number of ether oxygens (including phenoxy) is 1. The van der Waals surface area contributed by atoms with Gasteiger partial charge in [-0.1, -0.05) is 11.3 Å². The highest BCUT2D eigenvalue weighted by Crippen LogP contribution is 2.33. The van der Waals surface area contributed by atoms with E-state index in [2.05, 4.69) is 54.0 Å². The van der Waals surface area contributed by atoms with Crippen LogP contribution in [-0.4, -0.2) is 56.9 Å². The second kappa shape index (κ2) is 8.36. The maximum atomic E-state index is 12.0. The van der Waals surface area contributed by atoms with Crippen LogP contribution in [0.2, 0.25) is 0 Å². The van der Waals surface area contributed by atoms with Gasteiger partial charge in [0.05, 0.1) is 18.5 Å². The van der Waals surface area contributed by atoms with Crippen molar-refractivity contribution in [2.45, 2.75) is 13.0 Å². The van der Waals surface area contributed by atoms with Crippen molar-refractivity contribution in [3.8, 4) is 5.75 Å². The van der Waals surface area contributed by atoms with E-state index in [-0.39, 0.29) is 11.4 Å². The lowest BCUT2D eigenvalue weighted by atomic mass is 9.99. The summed E-state index contributed by atoms with van der Waals surface area (Å²) in [5.41, 5.74) is 11.0. The third-order valence-electron chi connectivity index (χ3n) is 5.64. The lowest BCUT2D eigenvalue weighted by molar-refractivity contribution is 0.100. The van der Waals surface area contributed by atoms with Crippen LogP contribution in [0.15, 0.2) is 36.5 Å². The molecule has 2 aromatic heterocycles. The number of carbonyl (C=O) groups excluding carboxylic acids is 1. The Morgan fingerprint density at radius 1 is 1.21 bits per heavy atom. The molecule has 11 heteroatoms. The first-order valence-electron chi connectivity index (χ1n) is 10.4. The van der Waals surface area contributed by atoms with Crippen LogP contribution in [0.3, 0.4) is 0 Å². The average Bonchev–Trinajstić information content (AvgIpc) is 3.28. The molecule has 2 aromatic carbocycles. The summed E-state index contributed by atoms with van der Waals surface area (Å²) in [6.07, 6.45) is 2.36. The van der Waals surface area contributed by atoms with E-state index in [1.165, 1.54) is 17.3 Å². The molecule has 0 unspecified atom stereocenters. The number of para-hydroxylation sites is 1. The second-order valence-corrected chi connectivity index (χ2v) is 7.89. The molecule has 1 amide bonds. The summed E-state index contributed by atoms with van der Waals surface area (Å²) in [5.74, 6) is 0.607. The molecule has 0 saturated carbocycles. The van der Waals surface area contributed by atoms with Crippen molar-refractivity contribution in [1.82, 2.24) is 30.3 Å². The lowest BCUT2D eigenvalue weighted by Crippen LogP contribution is -2.26. The minimum absolute atomic E-state index is 0.157. The van der Waals surface area contributed by atoms with Crippen molar-refractivity contribution in [3.63, 3.8) is 0 Å². The van der Waals surface area contributed by atoms with Crippen molar-refractivity contribution >= 4 is 40.1 Å². The molecule has 0 radical (unpaired) electrons. The molecule has 0 bridgehead atoms. The molecule has 1 aliphatic rings. The predicted octanol–water partition coefficient (Wildman–Crippen LogP) is 2.33. The Morgan fingerprint density at radius 3 is 2.91 bits per heavy atom.